The molecule has 3 heterocycles. The number of nitrogens with zero attached hydrogens (tertiary/aromatic N) is 4. The number of rotatable bonds is 4. The molecule has 4 N–H and O–H groups in total. The molecule has 3 rings (SSSR count). The van der Waals surface area contributed by atoms with E-state index in [1.165, 1.54) is 6.33 Å². The van der Waals surface area contributed by atoms with E-state index >= 15 is 0 Å². The van der Waals surface area contributed by atoms with Crippen LogP contribution in [0.1, 0.15) is 10.5 Å². The minimum atomic E-state index is -0.378. The van der Waals surface area contributed by atoms with Gasteiger partial charge in [0.1, 0.15) is 17.7 Å². The maximum Gasteiger partial charge on any atom is 0.288 e. The molecule has 0 radical (unpaired) electrons. The Morgan fingerprint density at radius 2 is 2.04 bits per heavy atom. The highest BCUT2D eigenvalue weighted by atomic mass is 16.5. The monoisotopic (exact) mass is 315 g/mol. The number of aromatic nitrogens is 3. The average molecular weight is 315 g/mol. The number of anilines is 3. The van der Waals surface area contributed by atoms with Crippen molar-refractivity contribution in [3.63, 3.8) is 0 Å². The molecule has 9 heteroatoms. The Labute approximate surface area is 132 Å². The lowest BCUT2D eigenvalue weighted by molar-refractivity contribution is 0.0957. The molecule has 1 fully saturated rings. The van der Waals surface area contributed by atoms with Gasteiger partial charge in [0.15, 0.2) is 11.6 Å². The standard InChI is InChI=1S/C14H17N7O2/c15-11-12(19-20-14(22)10-3-1-2-4-16-10)17-9-18-13(11)21-5-7-23-8-6-21/h1-4,9H,5-8,15H2,(H,20,22)(H,17,18,19). The van der Waals surface area contributed by atoms with Crippen molar-refractivity contribution in [2.24, 2.45) is 0 Å². The van der Waals surface area contributed by atoms with Crippen LogP contribution in [-0.2, 0) is 4.74 Å². The molecule has 1 aliphatic heterocycles. The van der Waals surface area contributed by atoms with Crippen LogP contribution in [0.4, 0.5) is 17.3 Å². The molecule has 120 valence electrons. The van der Waals surface area contributed by atoms with Crippen molar-refractivity contribution >= 4 is 23.2 Å². The van der Waals surface area contributed by atoms with E-state index in [9.17, 15) is 4.79 Å². The van der Waals surface area contributed by atoms with Crippen LogP contribution in [0.2, 0.25) is 0 Å². The fourth-order valence-electron chi connectivity index (χ4n) is 2.19. The van der Waals surface area contributed by atoms with E-state index in [0.717, 1.165) is 0 Å². The van der Waals surface area contributed by atoms with Crippen LogP contribution in [0.3, 0.4) is 0 Å². The average Bonchev–Trinajstić information content (AvgIpc) is 2.62. The van der Waals surface area contributed by atoms with Crippen LogP contribution < -0.4 is 21.5 Å². The molecule has 0 saturated carbocycles. The number of nitrogens with one attached hydrogen (secondary N) is 2. The van der Waals surface area contributed by atoms with Gasteiger partial charge in [0.2, 0.25) is 0 Å². The quantitative estimate of drug-likeness (QED) is 0.677. The number of morpholine rings is 1. The van der Waals surface area contributed by atoms with Gasteiger partial charge in [-0.1, -0.05) is 6.07 Å². The Morgan fingerprint density at radius 1 is 1.22 bits per heavy atom. The SMILES string of the molecule is Nc1c(NNC(=O)c2ccccn2)ncnc1N1CCOCC1. The van der Waals surface area contributed by atoms with Crippen molar-refractivity contribution in [1.82, 2.24) is 20.4 Å². The molecule has 23 heavy (non-hydrogen) atoms. The molecule has 0 spiro atoms. The topological polar surface area (TPSA) is 118 Å². The summed E-state index contributed by atoms with van der Waals surface area (Å²) in [5.74, 6) is 0.584. The number of ether oxygens (including phenoxy) is 1. The van der Waals surface area contributed by atoms with Crippen LogP contribution >= 0.6 is 0 Å². The number of hydrogen-bond donors (Lipinski definition) is 3. The molecule has 1 saturated heterocycles. The smallest absolute Gasteiger partial charge is 0.288 e. The first-order chi connectivity index (χ1) is 11.3. The van der Waals surface area contributed by atoms with Crippen molar-refractivity contribution in [2.75, 3.05) is 42.4 Å². The van der Waals surface area contributed by atoms with E-state index in [0.29, 0.717) is 49.3 Å². The first kappa shape index (κ1) is 15.0. The van der Waals surface area contributed by atoms with E-state index in [1.54, 1.807) is 24.4 Å². The normalized spacial score (nSPS) is 14.3. The van der Waals surface area contributed by atoms with Gasteiger partial charge in [0.05, 0.1) is 13.2 Å². The summed E-state index contributed by atoms with van der Waals surface area (Å²) in [6.45, 7) is 2.67. The molecule has 0 atom stereocenters. The van der Waals surface area contributed by atoms with Crippen LogP contribution in [0.15, 0.2) is 30.7 Å². The second kappa shape index (κ2) is 6.88. The van der Waals surface area contributed by atoms with Gasteiger partial charge < -0.3 is 15.4 Å². The fourth-order valence-corrected chi connectivity index (χ4v) is 2.19. The number of carbonyl (C=O) groups excluding carboxylic acids is 1. The van der Waals surface area contributed by atoms with Crippen molar-refractivity contribution in [2.45, 2.75) is 0 Å². The van der Waals surface area contributed by atoms with Gasteiger partial charge in [0, 0.05) is 19.3 Å². The van der Waals surface area contributed by atoms with Crippen molar-refractivity contribution in [3.05, 3.63) is 36.4 Å². The zero-order chi connectivity index (χ0) is 16.1. The maximum atomic E-state index is 12.0. The molecule has 0 aliphatic carbocycles. The fraction of sp³-hybridized carbons (Fsp3) is 0.286. The van der Waals surface area contributed by atoms with Gasteiger partial charge in [-0.05, 0) is 12.1 Å². The summed E-state index contributed by atoms with van der Waals surface area (Å²) in [5, 5.41) is 0. The summed E-state index contributed by atoms with van der Waals surface area (Å²) < 4.78 is 5.31. The zero-order valence-electron chi connectivity index (χ0n) is 12.4. The Kier molecular flexibility index (Phi) is 4.48. The predicted molar refractivity (Wildman–Crippen MR) is 84.8 cm³/mol. The molecule has 0 bridgehead atoms. The predicted octanol–water partition coefficient (Wildman–Crippen LogP) is 0.0473. The number of carbonyl (C=O) groups is 1. The highest BCUT2D eigenvalue weighted by molar-refractivity contribution is 5.93. The second-order valence-electron chi connectivity index (χ2n) is 4.85. The van der Waals surface area contributed by atoms with Crippen molar-refractivity contribution in [1.29, 1.82) is 0 Å². The third-order valence-corrected chi connectivity index (χ3v) is 3.37. The first-order valence-corrected chi connectivity index (χ1v) is 7.16. The number of amides is 1. The summed E-state index contributed by atoms with van der Waals surface area (Å²) in [6, 6.07) is 5.08. The number of nitrogens with two attached hydrogens (primary N) is 1. The van der Waals surface area contributed by atoms with Gasteiger partial charge >= 0.3 is 0 Å². The maximum absolute atomic E-state index is 12.0. The van der Waals surface area contributed by atoms with Crippen LogP contribution in [0, 0.1) is 0 Å². The van der Waals surface area contributed by atoms with E-state index in [4.69, 9.17) is 10.5 Å². The Balaban J connectivity index is 1.69. The van der Waals surface area contributed by atoms with Crippen molar-refractivity contribution < 1.29 is 9.53 Å². The lowest BCUT2D eigenvalue weighted by Gasteiger charge is -2.28. The van der Waals surface area contributed by atoms with Crippen LogP contribution in [0.25, 0.3) is 0 Å². The molecule has 1 amide bonds. The molecule has 0 unspecified atom stereocenters. The van der Waals surface area contributed by atoms with Crippen molar-refractivity contribution in [3.8, 4) is 0 Å². The van der Waals surface area contributed by atoms with Gasteiger partial charge in [-0.2, -0.15) is 0 Å². The molecule has 0 aromatic carbocycles. The lowest BCUT2D eigenvalue weighted by atomic mass is 10.3. The van der Waals surface area contributed by atoms with Gasteiger partial charge in [-0.15, -0.1) is 0 Å². The summed E-state index contributed by atoms with van der Waals surface area (Å²) in [6.07, 6.45) is 2.95. The number of hydrogen-bond acceptors (Lipinski definition) is 8. The van der Waals surface area contributed by atoms with E-state index in [2.05, 4.69) is 25.8 Å². The minimum absolute atomic E-state index is 0.293. The van der Waals surface area contributed by atoms with Gasteiger partial charge in [-0.25, -0.2) is 9.97 Å². The Hall–Kier alpha value is -2.94. The van der Waals surface area contributed by atoms with E-state index < -0.39 is 0 Å². The lowest BCUT2D eigenvalue weighted by Crippen LogP contribution is -2.37. The second-order valence-corrected chi connectivity index (χ2v) is 4.85. The summed E-state index contributed by atoms with van der Waals surface area (Å²) in [7, 11) is 0. The van der Waals surface area contributed by atoms with E-state index in [-0.39, 0.29) is 5.91 Å². The third kappa shape index (κ3) is 3.46. The molecule has 1 aliphatic rings. The number of hydrazine groups is 1. The molecule has 2 aromatic heterocycles. The van der Waals surface area contributed by atoms with Gasteiger partial charge in [0.25, 0.3) is 5.91 Å². The highest BCUT2D eigenvalue weighted by Gasteiger charge is 2.18. The Bertz CT molecular complexity index is 674. The third-order valence-electron chi connectivity index (χ3n) is 3.37. The van der Waals surface area contributed by atoms with Gasteiger partial charge in [-0.3, -0.25) is 20.6 Å². The first-order valence-electron chi connectivity index (χ1n) is 7.16. The molecule has 9 nitrogen and oxygen atoms in total. The van der Waals surface area contributed by atoms with E-state index in [1.807, 2.05) is 4.90 Å². The van der Waals surface area contributed by atoms with Crippen LogP contribution in [0.5, 0.6) is 0 Å². The molecular formula is C14H17N7O2. The number of nitrogen functional groups attached to an aromatic ring is 1. The summed E-state index contributed by atoms with van der Waals surface area (Å²) >= 11 is 0. The van der Waals surface area contributed by atoms with Crippen LogP contribution in [-0.4, -0.2) is 47.2 Å². The zero-order valence-corrected chi connectivity index (χ0v) is 12.4. The minimum Gasteiger partial charge on any atom is -0.393 e. The highest BCUT2D eigenvalue weighted by Crippen LogP contribution is 2.26. The molecular weight excluding hydrogens is 298 g/mol. The Morgan fingerprint density at radius 3 is 2.78 bits per heavy atom. The molecule has 2 aromatic rings. The largest absolute Gasteiger partial charge is 0.393 e. The summed E-state index contributed by atoms with van der Waals surface area (Å²) in [4.78, 5) is 26.2. The summed E-state index contributed by atoms with van der Waals surface area (Å²) in [5.41, 5.74) is 12.0. The number of pyridine rings is 1.